The number of carbonyl (C=O) groups excluding carboxylic acids is 2. The molecule has 2 rings (SSSR count). The number of thioether (sulfide) groups is 1. The Kier molecular flexibility index (Phi) is 6.18. The van der Waals surface area contributed by atoms with Crippen LogP contribution in [0.3, 0.4) is 0 Å². The van der Waals surface area contributed by atoms with E-state index in [1.54, 1.807) is 23.7 Å². The van der Waals surface area contributed by atoms with Crippen molar-refractivity contribution in [3.05, 3.63) is 22.3 Å². The predicted octanol–water partition coefficient (Wildman–Crippen LogP) is 2.50. The summed E-state index contributed by atoms with van der Waals surface area (Å²) in [5.74, 6) is -0.289. The third-order valence-electron chi connectivity index (χ3n) is 3.04. The molecule has 0 aromatic carbocycles. The molecule has 0 saturated carbocycles. The molecule has 2 aromatic rings. The Labute approximate surface area is 160 Å². The lowest BCUT2D eigenvalue weighted by molar-refractivity contribution is -0.133. The number of nitrogens with one attached hydrogen (secondary N) is 1. The third kappa shape index (κ3) is 5.49. The lowest BCUT2D eigenvalue weighted by Gasteiger charge is -2.23. The first kappa shape index (κ1) is 19.8. The lowest BCUT2D eigenvalue weighted by Crippen LogP contribution is -2.46. The van der Waals surface area contributed by atoms with E-state index >= 15 is 0 Å². The number of aromatic nitrogens is 3. The van der Waals surface area contributed by atoms with Gasteiger partial charge >= 0.3 is 0 Å². The van der Waals surface area contributed by atoms with Crippen molar-refractivity contribution < 1.29 is 9.59 Å². The molecule has 0 aliphatic carbocycles. The second kappa shape index (κ2) is 7.80. The van der Waals surface area contributed by atoms with Crippen LogP contribution in [0.4, 0.5) is 0 Å². The van der Waals surface area contributed by atoms with E-state index in [-0.39, 0.29) is 29.7 Å². The molecule has 0 aliphatic heterocycles. The van der Waals surface area contributed by atoms with Crippen LogP contribution >= 0.6 is 35.0 Å². The molecule has 136 valence electrons. The summed E-state index contributed by atoms with van der Waals surface area (Å²) < 4.78 is 1.63. The molecule has 2 aromatic heterocycles. The average molecular weight is 404 g/mol. The first-order valence-corrected chi connectivity index (χ1v) is 9.18. The zero-order valence-corrected chi connectivity index (χ0v) is 16.7. The second-order valence-corrected chi connectivity index (χ2v) is 8.31. The molecule has 0 radical (unpaired) electrons. The molecule has 7 nitrogen and oxygen atoms in total. The molecule has 25 heavy (non-hydrogen) atoms. The van der Waals surface area contributed by atoms with Gasteiger partial charge in [0.25, 0.3) is 0 Å². The van der Waals surface area contributed by atoms with Crippen molar-refractivity contribution in [2.24, 2.45) is 0 Å². The number of halogens is 2. The Hall–Kier alpha value is -1.51. The summed E-state index contributed by atoms with van der Waals surface area (Å²) >= 11 is 13.2. The predicted molar refractivity (Wildman–Crippen MR) is 99.3 cm³/mol. The monoisotopic (exact) mass is 403 g/mol. The van der Waals surface area contributed by atoms with Gasteiger partial charge in [0, 0.05) is 18.8 Å². The van der Waals surface area contributed by atoms with Gasteiger partial charge in [0.1, 0.15) is 0 Å². The van der Waals surface area contributed by atoms with E-state index in [2.05, 4.69) is 15.5 Å². The highest BCUT2D eigenvalue weighted by Crippen LogP contribution is 2.25. The molecule has 0 bridgehead atoms. The topological polar surface area (TPSA) is 79.6 Å². The number of rotatable bonds is 5. The Balaban J connectivity index is 1.97. The largest absolute Gasteiger partial charge is 0.350 e. The zero-order valence-electron chi connectivity index (χ0n) is 14.3. The van der Waals surface area contributed by atoms with Crippen molar-refractivity contribution in [3.63, 3.8) is 0 Å². The summed E-state index contributed by atoms with van der Waals surface area (Å²) in [4.78, 5) is 25.5. The summed E-state index contributed by atoms with van der Waals surface area (Å²) in [7, 11) is 1.58. The van der Waals surface area contributed by atoms with Crippen molar-refractivity contribution in [2.75, 3.05) is 19.3 Å². The SMILES string of the molecule is CN(CC(=O)NC(C)(C)C)C(=O)CSc1nnc2c(Cl)cc(Cl)cn12. The number of carbonyl (C=O) groups is 2. The average Bonchev–Trinajstić information content (AvgIpc) is 2.85. The van der Waals surface area contributed by atoms with Crippen molar-refractivity contribution in [2.45, 2.75) is 31.5 Å². The van der Waals surface area contributed by atoms with Crippen LogP contribution in [0.15, 0.2) is 17.4 Å². The molecule has 1 N–H and O–H groups in total. The Morgan fingerprint density at radius 3 is 2.64 bits per heavy atom. The van der Waals surface area contributed by atoms with Gasteiger partial charge in [-0.2, -0.15) is 0 Å². The minimum absolute atomic E-state index is 0.00506. The summed E-state index contributed by atoms with van der Waals surface area (Å²) in [6.45, 7) is 5.65. The van der Waals surface area contributed by atoms with E-state index in [1.807, 2.05) is 20.8 Å². The Morgan fingerprint density at radius 2 is 2.00 bits per heavy atom. The van der Waals surface area contributed by atoms with E-state index in [9.17, 15) is 9.59 Å². The quantitative estimate of drug-likeness (QED) is 0.775. The summed E-state index contributed by atoms with van der Waals surface area (Å²) in [6.07, 6.45) is 1.63. The smallest absolute Gasteiger partial charge is 0.240 e. The Morgan fingerprint density at radius 1 is 1.32 bits per heavy atom. The fourth-order valence-corrected chi connectivity index (χ4v) is 3.36. The molecule has 2 heterocycles. The first-order valence-electron chi connectivity index (χ1n) is 7.44. The van der Waals surface area contributed by atoms with Gasteiger partial charge in [0.15, 0.2) is 10.8 Å². The van der Waals surface area contributed by atoms with Crippen LogP contribution in [0.2, 0.25) is 10.0 Å². The number of hydrogen-bond donors (Lipinski definition) is 1. The van der Waals surface area contributed by atoms with E-state index in [0.717, 1.165) is 0 Å². The number of likely N-dealkylation sites (N-methyl/N-ethyl adjacent to an activating group) is 1. The first-order chi connectivity index (χ1) is 11.6. The van der Waals surface area contributed by atoms with Gasteiger partial charge in [-0.3, -0.25) is 14.0 Å². The zero-order chi connectivity index (χ0) is 18.8. The minimum atomic E-state index is -0.339. The maximum absolute atomic E-state index is 12.2. The Bertz CT molecular complexity index is 803. The van der Waals surface area contributed by atoms with Gasteiger partial charge in [-0.05, 0) is 26.8 Å². The fourth-order valence-electron chi connectivity index (χ4n) is 2.00. The molecule has 0 aliphatic rings. The van der Waals surface area contributed by atoms with E-state index in [0.29, 0.717) is 20.8 Å². The number of fused-ring (bicyclic) bond motifs is 1. The summed E-state index contributed by atoms with van der Waals surface area (Å²) in [5, 5.41) is 12.1. The van der Waals surface area contributed by atoms with Gasteiger partial charge in [-0.25, -0.2) is 0 Å². The normalized spacial score (nSPS) is 11.6. The van der Waals surface area contributed by atoms with Crippen LogP contribution in [0.25, 0.3) is 5.65 Å². The molecule has 0 fully saturated rings. The van der Waals surface area contributed by atoms with Crippen LogP contribution < -0.4 is 5.32 Å². The number of nitrogens with zero attached hydrogens (tertiary/aromatic N) is 4. The van der Waals surface area contributed by atoms with Crippen molar-refractivity contribution in [1.82, 2.24) is 24.8 Å². The van der Waals surface area contributed by atoms with Crippen LogP contribution in [0.5, 0.6) is 0 Å². The van der Waals surface area contributed by atoms with Gasteiger partial charge in [-0.15, -0.1) is 10.2 Å². The lowest BCUT2D eigenvalue weighted by atomic mass is 10.1. The summed E-state index contributed by atoms with van der Waals surface area (Å²) in [5.41, 5.74) is 0.133. The molecule has 0 unspecified atom stereocenters. The van der Waals surface area contributed by atoms with E-state index < -0.39 is 0 Å². The molecule has 0 atom stereocenters. The minimum Gasteiger partial charge on any atom is -0.350 e. The van der Waals surface area contributed by atoms with Crippen molar-refractivity contribution in [1.29, 1.82) is 0 Å². The van der Waals surface area contributed by atoms with Gasteiger partial charge in [-0.1, -0.05) is 35.0 Å². The highest BCUT2D eigenvalue weighted by Gasteiger charge is 2.19. The molecule has 10 heteroatoms. The number of pyridine rings is 1. The van der Waals surface area contributed by atoms with E-state index in [1.165, 1.54) is 16.7 Å². The summed E-state index contributed by atoms with van der Waals surface area (Å²) in [6, 6.07) is 1.58. The van der Waals surface area contributed by atoms with Crippen molar-refractivity contribution in [3.8, 4) is 0 Å². The van der Waals surface area contributed by atoms with Crippen molar-refractivity contribution >= 4 is 52.4 Å². The second-order valence-electron chi connectivity index (χ2n) is 6.52. The molecular weight excluding hydrogens is 385 g/mol. The van der Waals surface area contributed by atoms with Crippen LogP contribution in [0.1, 0.15) is 20.8 Å². The molecule has 0 saturated heterocycles. The van der Waals surface area contributed by atoms with E-state index in [4.69, 9.17) is 23.2 Å². The standard InChI is InChI=1S/C15H19Cl2N5O2S/c1-15(2,3)18-11(23)7-21(4)12(24)8-25-14-20-19-13-10(17)5-9(16)6-22(13)14/h5-6H,7-8H2,1-4H3,(H,18,23). The molecule has 0 spiro atoms. The van der Waals surface area contributed by atoms with Gasteiger partial charge < -0.3 is 10.2 Å². The maximum atomic E-state index is 12.2. The van der Waals surface area contributed by atoms with Crippen LogP contribution in [0, 0.1) is 0 Å². The maximum Gasteiger partial charge on any atom is 0.240 e. The number of amides is 2. The number of hydrogen-bond acceptors (Lipinski definition) is 5. The highest BCUT2D eigenvalue weighted by molar-refractivity contribution is 7.99. The third-order valence-corrected chi connectivity index (χ3v) is 4.45. The fraction of sp³-hybridized carbons (Fsp3) is 0.467. The van der Waals surface area contributed by atoms with Gasteiger partial charge in [0.2, 0.25) is 11.8 Å². The van der Waals surface area contributed by atoms with Gasteiger partial charge in [0.05, 0.1) is 22.3 Å². The van der Waals surface area contributed by atoms with Crippen LogP contribution in [-0.4, -0.2) is 56.2 Å². The van der Waals surface area contributed by atoms with Crippen LogP contribution in [-0.2, 0) is 9.59 Å². The highest BCUT2D eigenvalue weighted by atomic mass is 35.5. The molecular formula is C15H19Cl2N5O2S. The molecule has 2 amide bonds.